The van der Waals surface area contributed by atoms with Gasteiger partial charge in [0.15, 0.2) is 11.6 Å². The average Bonchev–Trinajstić information content (AvgIpc) is 2.67. The van der Waals surface area contributed by atoms with E-state index in [-0.39, 0.29) is 23.9 Å². The number of anilines is 2. The molecule has 10 nitrogen and oxygen atoms in total. The predicted molar refractivity (Wildman–Crippen MR) is 114 cm³/mol. The van der Waals surface area contributed by atoms with Crippen LogP contribution in [0.1, 0.15) is 31.5 Å². The Balaban J connectivity index is 1.87. The number of aromatic nitrogens is 2. The number of nitrogens with two attached hydrogens (primary N) is 2. The molecule has 11 heteroatoms. The molecule has 30 heavy (non-hydrogen) atoms. The monoisotopic (exact) mass is 437 g/mol. The normalized spacial score (nSPS) is 11.1. The Morgan fingerprint density at radius 2 is 1.83 bits per heavy atom. The molecule has 2 aromatic rings. The number of hydrogen-bond donors (Lipinski definition) is 3. The van der Waals surface area contributed by atoms with E-state index in [1.807, 2.05) is 11.6 Å². The molecule has 1 aromatic heterocycles. The van der Waals surface area contributed by atoms with Gasteiger partial charge in [-0.05, 0) is 24.5 Å². The molecule has 0 spiro atoms. The van der Waals surface area contributed by atoms with Crippen LogP contribution in [0.2, 0.25) is 0 Å². The van der Waals surface area contributed by atoms with Gasteiger partial charge in [-0.2, -0.15) is 4.98 Å². The minimum atomic E-state index is -3.68. The summed E-state index contributed by atoms with van der Waals surface area (Å²) >= 11 is 0. The van der Waals surface area contributed by atoms with Gasteiger partial charge in [0.05, 0.1) is 24.7 Å². The number of ether oxygens (including phenoxy) is 2. The summed E-state index contributed by atoms with van der Waals surface area (Å²) in [7, 11) is -3.68. The number of nitrogens with zero attached hydrogens (tertiary/aromatic N) is 2. The van der Waals surface area contributed by atoms with Crippen molar-refractivity contribution in [2.45, 2.75) is 33.1 Å². The highest BCUT2D eigenvalue weighted by atomic mass is 32.2. The van der Waals surface area contributed by atoms with Gasteiger partial charge in [0.2, 0.25) is 21.9 Å². The van der Waals surface area contributed by atoms with Crippen LogP contribution in [0.25, 0.3) is 0 Å². The van der Waals surface area contributed by atoms with Crippen molar-refractivity contribution in [2.24, 2.45) is 0 Å². The van der Waals surface area contributed by atoms with E-state index >= 15 is 0 Å². The van der Waals surface area contributed by atoms with Crippen molar-refractivity contribution in [1.29, 1.82) is 0 Å². The first kappa shape index (κ1) is 23.2. The van der Waals surface area contributed by atoms with Gasteiger partial charge < -0.3 is 20.9 Å². The molecule has 0 unspecified atom stereocenters. The number of sulfonamides is 1. The van der Waals surface area contributed by atoms with Crippen molar-refractivity contribution in [3.05, 3.63) is 35.5 Å². The van der Waals surface area contributed by atoms with Gasteiger partial charge in [0.25, 0.3) is 0 Å². The minimum Gasteiger partial charge on any atom is -0.493 e. The summed E-state index contributed by atoms with van der Waals surface area (Å²) in [5.41, 5.74) is 12.8. The molecule has 0 aliphatic heterocycles. The van der Waals surface area contributed by atoms with E-state index < -0.39 is 15.9 Å². The van der Waals surface area contributed by atoms with Gasteiger partial charge in [-0.25, -0.2) is 13.4 Å². The van der Waals surface area contributed by atoms with Gasteiger partial charge >= 0.3 is 0 Å². The standard InChI is InChI=1S/C19H27N5O5S/c1-3-15-17(18(20)23-19(21)22-15)29-11-6-10-28-16-8-5-4-7-14(16)9-12-30(26,27)24-13(2)25/h4-5,7-8H,3,6,9-12H2,1-2H3,(H,24,25)(H4,20,21,22,23). The quantitative estimate of drug-likeness (QED) is 0.437. The molecule has 1 aromatic carbocycles. The Labute approximate surface area is 176 Å². The van der Waals surface area contributed by atoms with Crippen LogP contribution in [0.15, 0.2) is 24.3 Å². The molecule has 0 atom stereocenters. The topological polar surface area (TPSA) is 160 Å². The van der Waals surface area contributed by atoms with E-state index in [0.29, 0.717) is 43.2 Å². The second kappa shape index (κ2) is 10.6. The summed E-state index contributed by atoms with van der Waals surface area (Å²) in [6.45, 7) is 3.76. The molecule has 5 N–H and O–H groups in total. The van der Waals surface area contributed by atoms with Gasteiger partial charge in [-0.1, -0.05) is 25.1 Å². The molecule has 0 aliphatic rings. The molecule has 0 bridgehead atoms. The first-order chi connectivity index (χ1) is 14.2. The Morgan fingerprint density at radius 1 is 1.13 bits per heavy atom. The zero-order valence-electron chi connectivity index (χ0n) is 17.1. The van der Waals surface area contributed by atoms with Crippen molar-refractivity contribution in [3.63, 3.8) is 0 Å². The van der Waals surface area contributed by atoms with E-state index in [9.17, 15) is 13.2 Å². The lowest BCUT2D eigenvalue weighted by atomic mass is 10.1. The van der Waals surface area contributed by atoms with E-state index in [1.54, 1.807) is 24.3 Å². The number of rotatable bonds is 11. The third kappa shape index (κ3) is 7.07. The number of carbonyl (C=O) groups is 1. The molecule has 0 radical (unpaired) electrons. The number of nitrogens with one attached hydrogen (secondary N) is 1. The van der Waals surface area contributed by atoms with E-state index in [1.165, 1.54) is 0 Å². The second-order valence-corrected chi connectivity index (χ2v) is 8.32. The molecule has 2 rings (SSSR count). The Bertz CT molecular complexity index is 981. The molecule has 0 aliphatic carbocycles. The third-order valence-electron chi connectivity index (χ3n) is 4.02. The molecular weight excluding hydrogens is 410 g/mol. The second-order valence-electron chi connectivity index (χ2n) is 6.48. The lowest BCUT2D eigenvalue weighted by Crippen LogP contribution is -2.31. The Morgan fingerprint density at radius 3 is 2.53 bits per heavy atom. The summed E-state index contributed by atoms with van der Waals surface area (Å²) < 4.78 is 37.1. The van der Waals surface area contributed by atoms with E-state index in [2.05, 4.69) is 9.97 Å². The number of hydrogen-bond acceptors (Lipinski definition) is 9. The number of aryl methyl sites for hydroxylation is 2. The highest BCUT2D eigenvalue weighted by Crippen LogP contribution is 2.25. The van der Waals surface area contributed by atoms with Gasteiger partial charge in [-0.15, -0.1) is 0 Å². The molecule has 1 heterocycles. The molecule has 0 fully saturated rings. The minimum absolute atomic E-state index is 0.108. The fourth-order valence-electron chi connectivity index (χ4n) is 2.71. The van der Waals surface area contributed by atoms with Crippen molar-refractivity contribution >= 4 is 27.7 Å². The van der Waals surface area contributed by atoms with Crippen molar-refractivity contribution in [3.8, 4) is 11.5 Å². The summed E-state index contributed by atoms with van der Waals surface area (Å²) in [5.74, 6) is 0.489. The molecule has 0 saturated carbocycles. The zero-order chi connectivity index (χ0) is 22.1. The Kier molecular flexibility index (Phi) is 8.22. The van der Waals surface area contributed by atoms with Crippen molar-refractivity contribution in [2.75, 3.05) is 30.4 Å². The smallest absolute Gasteiger partial charge is 0.235 e. The number of nitrogen functional groups attached to an aromatic ring is 2. The zero-order valence-corrected chi connectivity index (χ0v) is 17.9. The fraction of sp³-hybridized carbons (Fsp3) is 0.421. The van der Waals surface area contributed by atoms with Gasteiger partial charge in [-0.3, -0.25) is 9.52 Å². The third-order valence-corrected chi connectivity index (χ3v) is 5.36. The number of carbonyl (C=O) groups excluding carboxylic acids is 1. The summed E-state index contributed by atoms with van der Waals surface area (Å²) in [5, 5.41) is 0. The van der Waals surface area contributed by atoms with Crippen molar-refractivity contribution in [1.82, 2.24) is 14.7 Å². The van der Waals surface area contributed by atoms with Crippen LogP contribution in [0, 0.1) is 0 Å². The molecular formula is C19H27N5O5S. The number of amides is 1. The predicted octanol–water partition coefficient (Wildman–Crippen LogP) is 1.06. The number of para-hydroxylation sites is 1. The van der Waals surface area contributed by atoms with Crippen LogP contribution >= 0.6 is 0 Å². The van der Waals surface area contributed by atoms with Gasteiger partial charge in [0.1, 0.15) is 5.75 Å². The van der Waals surface area contributed by atoms with Gasteiger partial charge in [0, 0.05) is 13.3 Å². The summed E-state index contributed by atoms with van der Waals surface area (Å²) in [6, 6.07) is 7.15. The maximum atomic E-state index is 11.8. The van der Waals surface area contributed by atoms with Crippen LogP contribution in [0.4, 0.5) is 11.8 Å². The Hall–Kier alpha value is -3.08. The van der Waals surface area contributed by atoms with Crippen LogP contribution in [0.3, 0.4) is 0 Å². The van der Waals surface area contributed by atoms with Crippen LogP contribution in [-0.4, -0.2) is 43.3 Å². The number of benzene rings is 1. The SMILES string of the molecule is CCc1nc(N)nc(N)c1OCCCOc1ccccc1CCS(=O)(=O)NC(C)=O. The van der Waals surface area contributed by atoms with Crippen LogP contribution in [0.5, 0.6) is 11.5 Å². The van der Waals surface area contributed by atoms with Crippen molar-refractivity contribution < 1.29 is 22.7 Å². The molecule has 1 amide bonds. The largest absolute Gasteiger partial charge is 0.493 e. The fourth-order valence-corrected chi connectivity index (χ4v) is 3.74. The summed E-state index contributed by atoms with van der Waals surface area (Å²) in [4.78, 5) is 19.0. The molecule has 0 saturated heterocycles. The summed E-state index contributed by atoms with van der Waals surface area (Å²) in [6.07, 6.45) is 1.39. The van der Waals surface area contributed by atoms with Crippen LogP contribution in [-0.2, 0) is 27.7 Å². The van der Waals surface area contributed by atoms with E-state index in [4.69, 9.17) is 20.9 Å². The first-order valence-electron chi connectivity index (χ1n) is 9.48. The maximum Gasteiger partial charge on any atom is 0.235 e. The lowest BCUT2D eigenvalue weighted by molar-refractivity contribution is -0.117. The average molecular weight is 438 g/mol. The van der Waals surface area contributed by atoms with E-state index in [0.717, 1.165) is 12.5 Å². The van der Waals surface area contributed by atoms with Crippen LogP contribution < -0.4 is 25.7 Å². The maximum absolute atomic E-state index is 11.8. The lowest BCUT2D eigenvalue weighted by Gasteiger charge is -2.14. The highest BCUT2D eigenvalue weighted by Gasteiger charge is 2.14. The first-order valence-corrected chi connectivity index (χ1v) is 11.1. The molecule has 164 valence electrons. The highest BCUT2D eigenvalue weighted by molar-refractivity contribution is 7.90.